The number of carbonyl (C=O) groups is 1. The van der Waals surface area contributed by atoms with Crippen molar-refractivity contribution in [2.45, 2.75) is 76.7 Å². The summed E-state index contributed by atoms with van der Waals surface area (Å²) in [5.74, 6) is -1.13. The van der Waals surface area contributed by atoms with Crippen molar-refractivity contribution in [3.8, 4) is 5.75 Å². The summed E-state index contributed by atoms with van der Waals surface area (Å²) in [6, 6.07) is 6.78. The van der Waals surface area contributed by atoms with Crippen LogP contribution in [0.3, 0.4) is 0 Å². The quantitative estimate of drug-likeness (QED) is 0.441. The van der Waals surface area contributed by atoms with Crippen molar-refractivity contribution in [2.24, 2.45) is 5.41 Å². The van der Waals surface area contributed by atoms with Crippen LogP contribution in [0.1, 0.15) is 52.9 Å². The fourth-order valence-corrected chi connectivity index (χ4v) is 6.27. The molecule has 2 aliphatic heterocycles. The summed E-state index contributed by atoms with van der Waals surface area (Å²) >= 11 is 0. The first-order valence-electron chi connectivity index (χ1n) is 13.9. The number of nitrogens with one attached hydrogen (secondary N) is 1. The molecule has 4 fully saturated rings. The largest absolute Gasteiger partial charge is 0.487 e. The van der Waals surface area contributed by atoms with Crippen molar-refractivity contribution < 1.29 is 23.0 Å². The van der Waals surface area contributed by atoms with Crippen molar-refractivity contribution in [2.75, 3.05) is 23.3 Å². The third-order valence-corrected chi connectivity index (χ3v) is 8.50. The summed E-state index contributed by atoms with van der Waals surface area (Å²) in [5, 5.41) is 2.91. The molecule has 210 valence electrons. The van der Waals surface area contributed by atoms with Gasteiger partial charge in [-0.2, -0.15) is 4.39 Å². The molecule has 4 aliphatic rings. The number of amides is 1. The van der Waals surface area contributed by atoms with Gasteiger partial charge in [-0.1, -0.05) is 0 Å². The van der Waals surface area contributed by atoms with E-state index in [0.717, 1.165) is 19.3 Å². The maximum atomic E-state index is 15.1. The van der Waals surface area contributed by atoms with E-state index in [-0.39, 0.29) is 41.5 Å². The summed E-state index contributed by atoms with van der Waals surface area (Å²) in [6.07, 6.45) is 6.07. The Bertz CT molecular complexity index is 1500. The van der Waals surface area contributed by atoms with Gasteiger partial charge in [0.25, 0.3) is 0 Å². The number of piperazine rings is 1. The molecule has 0 radical (unpaired) electrons. The number of aromatic nitrogens is 3. The SMILES string of the molecule is CC(C)(C)OC(=O)N1C[C@@H]2C[C@H]1CN2c1ccc2ncnc(Nc3ccc(OC4CC5(CC5)C4)c(F)c3F)c2n1. The standard InChI is InChI=1S/C29H32F2N6O3/c1-28(2,3)40-27(38)37-14-16-10-17(37)13-36(16)22-7-5-20-25(35-22)26(33-15-32-20)34-19-4-6-21(24(31)23(19)30)39-18-11-29(12-18)8-9-29/h4-7,15-18H,8-14H2,1-3H3,(H,32,33,34)/t16-,17-/m0/s1. The zero-order valence-electron chi connectivity index (χ0n) is 22.8. The van der Waals surface area contributed by atoms with Gasteiger partial charge in [0.15, 0.2) is 17.4 Å². The molecule has 1 aromatic carbocycles. The Morgan fingerprint density at radius 3 is 2.55 bits per heavy atom. The number of ether oxygens (including phenoxy) is 2. The van der Waals surface area contributed by atoms with Crippen LogP contribution in [0.4, 0.5) is 30.9 Å². The Hall–Kier alpha value is -3.76. The average Bonchev–Trinajstić information content (AvgIpc) is 3.42. The molecule has 1 amide bonds. The van der Waals surface area contributed by atoms with Crippen LogP contribution in [0, 0.1) is 17.0 Å². The van der Waals surface area contributed by atoms with Gasteiger partial charge in [-0.15, -0.1) is 0 Å². The highest BCUT2D eigenvalue weighted by molar-refractivity contribution is 5.88. The Labute approximate surface area is 230 Å². The molecule has 40 heavy (non-hydrogen) atoms. The summed E-state index contributed by atoms with van der Waals surface area (Å²) in [7, 11) is 0. The predicted molar refractivity (Wildman–Crippen MR) is 145 cm³/mol. The number of likely N-dealkylation sites (tertiary alicyclic amines) is 1. The fourth-order valence-electron chi connectivity index (χ4n) is 6.27. The Morgan fingerprint density at radius 2 is 1.85 bits per heavy atom. The minimum absolute atomic E-state index is 0.0366. The number of carbonyl (C=O) groups excluding carboxylic acids is 1. The van der Waals surface area contributed by atoms with Crippen molar-refractivity contribution in [1.29, 1.82) is 0 Å². The number of halogens is 2. The van der Waals surface area contributed by atoms with E-state index in [1.54, 1.807) is 4.90 Å². The number of benzene rings is 1. The first-order chi connectivity index (χ1) is 19.1. The van der Waals surface area contributed by atoms with Crippen molar-refractivity contribution in [3.05, 3.63) is 42.2 Å². The molecule has 2 aliphatic carbocycles. The molecule has 1 spiro atoms. The Morgan fingerprint density at radius 1 is 1.05 bits per heavy atom. The van der Waals surface area contributed by atoms with Gasteiger partial charge in [-0.05, 0) is 82.6 Å². The fraction of sp³-hybridized carbons (Fsp3) is 0.517. The second-order valence-corrected chi connectivity index (χ2v) is 12.6. The molecule has 3 aromatic rings. The topological polar surface area (TPSA) is 92.7 Å². The number of fused-ring (bicyclic) bond motifs is 3. The lowest BCUT2D eigenvalue weighted by atomic mass is 9.79. The summed E-state index contributed by atoms with van der Waals surface area (Å²) < 4.78 is 41.3. The average molecular weight is 551 g/mol. The highest BCUT2D eigenvalue weighted by Gasteiger charge is 2.54. The normalized spacial score (nSPS) is 23.0. The van der Waals surface area contributed by atoms with Crippen LogP contribution in [0.2, 0.25) is 0 Å². The zero-order chi connectivity index (χ0) is 27.8. The van der Waals surface area contributed by atoms with E-state index in [9.17, 15) is 9.18 Å². The number of rotatable bonds is 5. The first kappa shape index (κ1) is 25.2. The minimum Gasteiger partial charge on any atom is -0.487 e. The van der Waals surface area contributed by atoms with Crippen LogP contribution in [-0.2, 0) is 4.74 Å². The summed E-state index contributed by atoms with van der Waals surface area (Å²) in [4.78, 5) is 30.0. The molecule has 0 unspecified atom stereocenters. The lowest BCUT2D eigenvalue weighted by Gasteiger charge is -2.35. The zero-order valence-corrected chi connectivity index (χ0v) is 22.8. The number of hydrogen-bond acceptors (Lipinski definition) is 8. The van der Waals surface area contributed by atoms with Gasteiger partial charge < -0.3 is 24.6 Å². The van der Waals surface area contributed by atoms with Crippen LogP contribution in [-0.4, -0.2) is 62.8 Å². The Balaban J connectivity index is 1.09. The van der Waals surface area contributed by atoms with E-state index < -0.39 is 17.2 Å². The molecule has 1 N–H and O–H groups in total. The molecule has 2 saturated heterocycles. The second kappa shape index (κ2) is 8.87. The monoisotopic (exact) mass is 550 g/mol. The molecule has 11 heteroatoms. The van der Waals surface area contributed by atoms with E-state index in [2.05, 4.69) is 20.2 Å². The van der Waals surface area contributed by atoms with Crippen LogP contribution in [0.5, 0.6) is 5.75 Å². The molecule has 9 nitrogen and oxygen atoms in total. The van der Waals surface area contributed by atoms with E-state index in [1.807, 2.05) is 32.9 Å². The first-order valence-corrected chi connectivity index (χ1v) is 13.9. The third kappa shape index (κ3) is 4.45. The van der Waals surface area contributed by atoms with Crippen molar-refractivity contribution in [3.63, 3.8) is 0 Å². The maximum absolute atomic E-state index is 15.1. The second-order valence-electron chi connectivity index (χ2n) is 12.6. The van der Waals surface area contributed by atoms with Gasteiger partial charge in [0, 0.05) is 13.1 Å². The van der Waals surface area contributed by atoms with Crippen LogP contribution >= 0.6 is 0 Å². The molecule has 4 heterocycles. The van der Waals surface area contributed by atoms with E-state index in [0.29, 0.717) is 35.4 Å². The van der Waals surface area contributed by atoms with E-state index in [1.165, 1.54) is 31.3 Å². The number of hydrogen-bond donors (Lipinski definition) is 1. The molecule has 2 saturated carbocycles. The predicted octanol–water partition coefficient (Wildman–Crippen LogP) is 5.57. The Kier molecular flexibility index (Phi) is 5.59. The number of nitrogens with zero attached hydrogens (tertiary/aromatic N) is 5. The summed E-state index contributed by atoms with van der Waals surface area (Å²) in [5.41, 5.74) is 0.815. The number of pyridine rings is 1. The molecule has 2 aromatic heterocycles. The van der Waals surface area contributed by atoms with Crippen LogP contribution < -0.4 is 15.0 Å². The molecular formula is C29H32F2N6O3. The van der Waals surface area contributed by atoms with Gasteiger partial charge in [-0.25, -0.2) is 24.1 Å². The van der Waals surface area contributed by atoms with Crippen LogP contribution in [0.15, 0.2) is 30.6 Å². The molecule has 2 atom stereocenters. The molecular weight excluding hydrogens is 518 g/mol. The van der Waals surface area contributed by atoms with Gasteiger partial charge in [0.2, 0.25) is 5.82 Å². The van der Waals surface area contributed by atoms with Gasteiger partial charge >= 0.3 is 6.09 Å². The smallest absolute Gasteiger partial charge is 0.410 e. The van der Waals surface area contributed by atoms with Crippen molar-refractivity contribution in [1.82, 2.24) is 19.9 Å². The maximum Gasteiger partial charge on any atom is 0.410 e. The highest BCUT2D eigenvalue weighted by atomic mass is 19.2. The van der Waals surface area contributed by atoms with Crippen LogP contribution in [0.25, 0.3) is 11.0 Å². The number of anilines is 3. The minimum atomic E-state index is -1.03. The highest BCUT2D eigenvalue weighted by Crippen LogP contribution is 2.61. The van der Waals surface area contributed by atoms with Gasteiger partial charge in [0.05, 0.1) is 29.4 Å². The van der Waals surface area contributed by atoms with Gasteiger partial charge in [0.1, 0.15) is 23.3 Å². The summed E-state index contributed by atoms with van der Waals surface area (Å²) in [6.45, 7) is 6.76. The third-order valence-electron chi connectivity index (χ3n) is 8.50. The van der Waals surface area contributed by atoms with Gasteiger partial charge in [-0.3, -0.25) is 0 Å². The molecule has 7 rings (SSSR count). The lowest BCUT2D eigenvalue weighted by molar-refractivity contribution is 0.0214. The van der Waals surface area contributed by atoms with Crippen molar-refractivity contribution >= 4 is 34.4 Å². The lowest BCUT2D eigenvalue weighted by Crippen LogP contribution is -2.50. The van der Waals surface area contributed by atoms with E-state index >= 15 is 4.39 Å². The molecule has 2 bridgehead atoms. The van der Waals surface area contributed by atoms with E-state index in [4.69, 9.17) is 14.5 Å².